The molecule has 1 N–H and O–H groups in total. The molecule has 0 atom stereocenters. The van der Waals surface area contributed by atoms with Gasteiger partial charge in [0.05, 0.1) is 4.88 Å². The summed E-state index contributed by atoms with van der Waals surface area (Å²) in [5.41, 5.74) is 4.35. The molecule has 4 bridgehead atoms. The minimum atomic E-state index is 0. The maximum atomic E-state index is 9.13. The van der Waals surface area contributed by atoms with Gasteiger partial charge in [-0.15, -0.1) is 0 Å². The molecule has 1 heterocycles. The molecule has 1 aromatic heterocycles. The van der Waals surface area contributed by atoms with Crippen molar-refractivity contribution in [1.82, 2.24) is 0 Å². The van der Waals surface area contributed by atoms with Crippen molar-refractivity contribution in [1.29, 1.82) is 0 Å². The quantitative estimate of drug-likeness (QED) is 0.732. The van der Waals surface area contributed by atoms with Crippen molar-refractivity contribution in [2.24, 2.45) is 23.2 Å². The van der Waals surface area contributed by atoms with E-state index in [0.717, 1.165) is 24.2 Å². The van der Waals surface area contributed by atoms with Gasteiger partial charge >= 0.3 is 0 Å². The Morgan fingerprint density at radius 3 is 2.32 bits per heavy atom. The third kappa shape index (κ3) is 3.03. The van der Waals surface area contributed by atoms with Crippen LogP contribution in [0.5, 0.6) is 0 Å². The molecule has 0 unspecified atom stereocenters. The molecule has 2 nitrogen and oxygen atoms in total. The molecular weight excluding hydrogens is 358 g/mol. The Labute approximate surface area is 148 Å². The number of aliphatic hydroxyl groups excluding tert-OH is 1. The highest BCUT2D eigenvalue weighted by atomic mass is 79.9. The summed E-state index contributed by atoms with van der Waals surface area (Å²) >= 11 is 1.82. The lowest BCUT2D eigenvalue weighted by atomic mass is 9.49. The fraction of sp³-hybridized carbons (Fsp3) is 0.833. The summed E-state index contributed by atoms with van der Waals surface area (Å²) in [4.78, 5) is 1.36. The number of rotatable bonds is 5. The van der Waals surface area contributed by atoms with Crippen LogP contribution in [0.1, 0.15) is 55.5 Å². The molecule has 4 saturated carbocycles. The van der Waals surface area contributed by atoms with Crippen molar-refractivity contribution < 1.29 is 26.7 Å². The second-order valence-corrected chi connectivity index (χ2v) is 9.01. The SMILES string of the molecule is Cc1c(CCO)sc[n+]1CCC12CC3CC(CC(C3)C1)C2.[Br-]. The van der Waals surface area contributed by atoms with Gasteiger partial charge in [-0.25, -0.2) is 0 Å². The third-order valence-corrected chi connectivity index (χ3v) is 7.69. The van der Waals surface area contributed by atoms with Gasteiger partial charge in [0.2, 0.25) is 5.51 Å². The molecule has 4 fully saturated rings. The molecule has 0 saturated heterocycles. The fourth-order valence-corrected chi connectivity index (χ4v) is 6.98. The Bertz CT molecular complexity index is 492. The number of hydrogen-bond donors (Lipinski definition) is 1. The first-order valence-corrected chi connectivity index (χ1v) is 9.63. The van der Waals surface area contributed by atoms with Gasteiger partial charge < -0.3 is 22.1 Å². The predicted molar refractivity (Wildman–Crippen MR) is 85.3 cm³/mol. The van der Waals surface area contributed by atoms with Crippen LogP contribution in [0.4, 0.5) is 0 Å². The summed E-state index contributed by atoms with van der Waals surface area (Å²) < 4.78 is 2.45. The molecule has 124 valence electrons. The van der Waals surface area contributed by atoms with Crippen LogP contribution < -0.4 is 21.5 Å². The van der Waals surface area contributed by atoms with E-state index in [1.165, 1.54) is 42.8 Å². The molecule has 0 aliphatic heterocycles. The number of aliphatic hydroxyl groups is 1. The maximum Gasteiger partial charge on any atom is 0.225 e. The van der Waals surface area contributed by atoms with E-state index in [9.17, 15) is 0 Å². The topological polar surface area (TPSA) is 24.1 Å². The van der Waals surface area contributed by atoms with Crippen LogP contribution in [-0.4, -0.2) is 11.7 Å². The van der Waals surface area contributed by atoms with E-state index in [2.05, 4.69) is 17.0 Å². The van der Waals surface area contributed by atoms with Gasteiger partial charge in [0.25, 0.3) is 0 Å². The second kappa shape index (κ2) is 6.52. The molecule has 4 aliphatic carbocycles. The van der Waals surface area contributed by atoms with Gasteiger partial charge in [-0.05, 0) is 61.7 Å². The number of hydrogen-bond acceptors (Lipinski definition) is 2. The van der Waals surface area contributed by atoms with Crippen LogP contribution in [0.15, 0.2) is 5.51 Å². The van der Waals surface area contributed by atoms with Crippen LogP contribution in [0.2, 0.25) is 0 Å². The van der Waals surface area contributed by atoms with Crippen LogP contribution in [0.25, 0.3) is 0 Å². The first-order valence-electron chi connectivity index (χ1n) is 8.75. The molecule has 22 heavy (non-hydrogen) atoms. The molecular formula is C18H28BrNOS. The van der Waals surface area contributed by atoms with Crippen molar-refractivity contribution in [2.45, 2.75) is 64.8 Å². The van der Waals surface area contributed by atoms with Gasteiger partial charge in [-0.3, -0.25) is 0 Å². The van der Waals surface area contributed by atoms with Crippen molar-refractivity contribution in [3.63, 3.8) is 0 Å². The number of thiazole rings is 1. The second-order valence-electron chi connectivity index (χ2n) is 8.07. The highest BCUT2D eigenvalue weighted by molar-refractivity contribution is 7.09. The van der Waals surface area contributed by atoms with E-state index in [4.69, 9.17) is 5.11 Å². The fourth-order valence-electron chi connectivity index (χ4n) is 5.97. The molecule has 0 amide bonds. The smallest absolute Gasteiger partial charge is 0.225 e. The zero-order chi connectivity index (χ0) is 14.4. The number of aryl methyl sites for hydroxylation is 1. The minimum Gasteiger partial charge on any atom is -1.00 e. The van der Waals surface area contributed by atoms with Gasteiger partial charge in [-0.1, -0.05) is 11.3 Å². The number of aromatic nitrogens is 1. The van der Waals surface area contributed by atoms with Crippen molar-refractivity contribution in [3.05, 3.63) is 16.1 Å². The highest BCUT2D eigenvalue weighted by Gasteiger charge is 2.50. The van der Waals surface area contributed by atoms with E-state index in [0.29, 0.717) is 5.41 Å². The minimum absolute atomic E-state index is 0. The standard InChI is InChI=1S/C18H28NOS.BrH/c1-13-17(2-5-20)21-12-19(13)4-3-18-9-14-6-15(10-18)8-16(7-14)11-18;/h12,14-16,20H,2-11H2,1H3;1H/q+1;/p-1. The van der Waals surface area contributed by atoms with Crippen molar-refractivity contribution in [2.75, 3.05) is 6.61 Å². The maximum absolute atomic E-state index is 9.13. The molecule has 0 spiro atoms. The van der Waals surface area contributed by atoms with E-state index in [-0.39, 0.29) is 23.6 Å². The third-order valence-electron chi connectivity index (χ3n) is 6.54. The van der Waals surface area contributed by atoms with Gasteiger partial charge in [0.15, 0.2) is 5.69 Å². The normalized spacial score (nSPS) is 35.6. The lowest BCUT2D eigenvalue weighted by molar-refractivity contribution is -0.700. The Morgan fingerprint density at radius 2 is 1.77 bits per heavy atom. The zero-order valence-electron chi connectivity index (χ0n) is 13.6. The average Bonchev–Trinajstić information content (AvgIpc) is 2.77. The van der Waals surface area contributed by atoms with E-state index < -0.39 is 0 Å². The van der Waals surface area contributed by atoms with Crippen LogP contribution in [0, 0.1) is 30.1 Å². The number of halogens is 1. The lowest BCUT2D eigenvalue weighted by Gasteiger charge is -2.56. The first-order chi connectivity index (χ1) is 10.2. The first kappa shape index (κ1) is 16.9. The van der Waals surface area contributed by atoms with E-state index >= 15 is 0 Å². The zero-order valence-corrected chi connectivity index (χ0v) is 16.0. The van der Waals surface area contributed by atoms with E-state index in [1.54, 1.807) is 19.3 Å². The summed E-state index contributed by atoms with van der Waals surface area (Å²) in [7, 11) is 0. The Kier molecular flexibility index (Phi) is 5.01. The molecule has 1 aromatic rings. The highest BCUT2D eigenvalue weighted by Crippen LogP contribution is 2.61. The van der Waals surface area contributed by atoms with Crippen molar-refractivity contribution in [3.8, 4) is 0 Å². The molecule has 4 heteroatoms. The summed E-state index contributed by atoms with van der Waals surface area (Å²) in [5, 5.41) is 9.13. The molecule has 5 rings (SSSR count). The summed E-state index contributed by atoms with van der Waals surface area (Å²) in [6, 6.07) is 0. The summed E-state index contributed by atoms with van der Waals surface area (Å²) in [6.45, 7) is 3.69. The largest absolute Gasteiger partial charge is 1.00 e. The molecule has 0 aromatic carbocycles. The number of nitrogens with zero attached hydrogens (tertiary/aromatic N) is 1. The van der Waals surface area contributed by atoms with Gasteiger partial charge in [0.1, 0.15) is 6.54 Å². The summed E-state index contributed by atoms with van der Waals surface area (Å²) in [5.74, 6) is 3.19. The van der Waals surface area contributed by atoms with Gasteiger partial charge in [0, 0.05) is 26.4 Å². The van der Waals surface area contributed by atoms with Crippen LogP contribution >= 0.6 is 11.3 Å². The molecule has 4 aliphatic rings. The van der Waals surface area contributed by atoms with Crippen molar-refractivity contribution >= 4 is 11.3 Å². The lowest BCUT2D eigenvalue weighted by Crippen LogP contribution is -3.00. The Balaban J connectivity index is 0.00000144. The molecule has 0 radical (unpaired) electrons. The van der Waals surface area contributed by atoms with Gasteiger partial charge in [-0.2, -0.15) is 4.57 Å². The van der Waals surface area contributed by atoms with E-state index in [1.807, 2.05) is 11.3 Å². The monoisotopic (exact) mass is 385 g/mol. The van der Waals surface area contributed by atoms with Crippen LogP contribution in [-0.2, 0) is 13.0 Å². The van der Waals surface area contributed by atoms with Crippen LogP contribution in [0.3, 0.4) is 0 Å². The Hall–Kier alpha value is 0.0700. The predicted octanol–water partition coefficient (Wildman–Crippen LogP) is 0.489. The average molecular weight is 386 g/mol. The Morgan fingerprint density at radius 1 is 1.18 bits per heavy atom. The summed E-state index contributed by atoms with van der Waals surface area (Å²) in [6.07, 6.45) is 11.4.